The van der Waals surface area contributed by atoms with Crippen molar-refractivity contribution in [1.82, 2.24) is 9.59 Å². The lowest BCUT2D eigenvalue weighted by Gasteiger charge is -2.32. The first-order valence-electron chi connectivity index (χ1n) is 9.80. The monoisotopic (exact) mass is 441 g/mol. The minimum atomic E-state index is -3.90. The van der Waals surface area contributed by atoms with Gasteiger partial charge in [0.05, 0.1) is 4.90 Å². The van der Waals surface area contributed by atoms with Crippen LogP contribution in [0.2, 0.25) is 0 Å². The van der Waals surface area contributed by atoms with E-state index in [-0.39, 0.29) is 10.7 Å². The highest BCUT2D eigenvalue weighted by Crippen LogP contribution is 2.30. The Balaban J connectivity index is 1.46. The van der Waals surface area contributed by atoms with E-state index in [1.54, 1.807) is 18.2 Å². The Morgan fingerprint density at radius 1 is 1.07 bits per heavy atom. The van der Waals surface area contributed by atoms with Crippen LogP contribution in [0.3, 0.4) is 0 Å². The van der Waals surface area contributed by atoms with E-state index in [9.17, 15) is 8.42 Å². The number of hydrogen-bond acceptors (Lipinski definition) is 6. The van der Waals surface area contributed by atoms with Crippen molar-refractivity contribution >= 4 is 32.4 Å². The van der Waals surface area contributed by atoms with E-state index in [1.165, 1.54) is 29.2 Å². The molecular weight excluding hydrogens is 418 g/mol. The molecule has 1 aromatic heterocycles. The van der Waals surface area contributed by atoms with Crippen LogP contribution in [0.25, 0.3) is 0 Å². The Morgan fingerprint density at radius 3 is 2.37 bits per heavy atom. The first kappa shape index (κ1) is 20.5. The van der Waals surface area contributed by atoms with Gasteiger partial charge in [0.25, 0.3) is 10.0 Å². The minimum absolute atomic E-state index is 0.0967. The molecule has 4 rings (SSSR count). The molecule has 7 nitrogen and oxygen atoms in total. The van der Waals surface area contributed by atoms with Crippen LogP contribution >= 0.6 is 11.5 Å². The lowest BCUT2D eigenvalue weighted by molar-refractivity contribution is 0.404. The second-order valence-electron chi connectivity index (χ2n) is 7.31. The number of nitrogens with zero attached hydrogens (tertiary/aromatic N) is 4. The number of amidine groups is 1. The van der Waals surface area contributed by atoms with Gasteiger partial charge >= 0.3 is 0 Å². The summed E-state index contributed by atoms with van der Waals surface area (Å²) in [5.74, 6) is 0.492. The van der Waals surface area contributed by atoms with Crippen molar-refractivity contribution in [3.8, 4) is 0 Å². The van der Waals surface area contributed by atoms with Crippen molar-refractivity contribution < 1.29 is 8.42 Å². The fraction of sp³-hybridized carbons (Fsp3) is 0.286. The lowest BCUT2D eigenvalue weighted by atomic mass is 9.90. The number of benzene rings is 2. The summed E-state index contributed by atoms with van der Waals surface area (Å²) in [7, 11) is -3.90. The molecule has 0 radical (unpaired) electrons. The van der Waals surface area contributed by atoms with Crippen molar-refractivity contribution in [3.05, 3.63) is 71.9 Å². The molecule has 0 bridgehead atoms. The fourth-order valence-electron chi connectivity index (χ4n) is 3.66. The number of sulfonamides is 1. The molecule has 156 valence electrons. The number of anilines is 1. The van der Waals surface area contributed by atoms with E-state index in [4.69, 9.17) is 5.73 Å². The summed E-state index contributed by atoms with van der Waals surface area (Å²) in [4.78, 5) is 2.28. The van der Waals surface area contributed by atoms with E-state index in [1.807, 2.05) is 6.07 Å². The van der Waals surface area contributed by atoms with Gasteiger partial charge in [0.15, 0.2) is 11.5 Å². The molecule has 0 atom stereocenters. The zero-order chi connectivity index (χ0) is 21.0. The maximum atomic E-state index is 12.5. The van der Waals surface area contributed by atoms with Crippen LogP contribution in [0, 0.1) is 5.92 Å². The van der Waals surface area contributed by atoms with E-state index < -0.39 is 10.0 Å². The summed E-state index contributed by atoms with van der Waals surface area (Å²) < 4.78 is 32.8. The lowest BCUT2D eigenvalue weighted by Crippen LogP contribution is -2.35. The molecule has 1 aliphatic heterocycles. The molecule has 0 spiro atoms. The first-order valence-corrected chi connectivity index (χ1v) is 12.0. The summed E-state index contributed by atoms with van der Waals surface area (Å²) in [5, 5.41) is 4.84. The number of nitrogens with two attached hydrogens (primary N) is 1. The highest BCUT2D eigenvalue weighted by Gasteiger charge is 2.25. The van der Waals surface area contributed by atoms with Gasteiger partial charge in [-0.25, -0.2) is 0 Å². The van der Waals surface area contributed by atoms with Gasteiger partial charge in [-0.15, -0.1) is 9.50 Å². The van der Waals surface area contributed by atoms with Gasteiger partial charge in [-0.2, -0.15) is 8.42 Å². The molecule has 3 aromatic rings. The Labute approximate surface area is 180 Å². The topological polar surface area (TPSA) is 102 Å². The Kier molecular flexibility index (Phi) is 6.10. The van der Waals surface area contributed by atoms with E-state index in [0.29, 0.717) is 11.6 Å². The average molecular weight is 442 g/mol. The second-order valence-corrected chi connectivity index (χ2v) is 9.65. The molecule has 0 unspecified atom stereocenters. The first-order chi connectivity index (χ1) is 14.5. The number of aromatic nitrogens is 2. The average Bonchev–Trinajstić information content (AvgIpc) is 3.26. The highest BCUT2D eigenvalue weighted by atomic mass is 32.2. The molecule has 1 aliphatic rings. The van der Waals surface area contributed by atoms with Crippen LogP contribution in [-0.2, 0) is 16.4 Å². The van der Waals surface area contributed by atoms with Crippen LogP contribution < -0.4 is 10.6 Å². The van der Waals surface area contributed by atoms with Gasteiger partial charge < -0.3 is 10.6 Å². The van der Waals surface area contributed by atoms with Crippen molar-refractivity contribution in [2.75, 3.05) is 18.0 Å². The molecule has 30 heavy (non-hydrogen) atoms. The standard InChI is InChI=1S/C21H23N5O2S2/c22-20(24-30(27,28)18-9-5-2-6-10-18)19-21(29-25-23-19)26-13-11-17(12-14-26)15-16-7-3-1-4-8-16/h1-10,17H,11-15H2,(H2,22,24). The molecule has 1 saturated heterocycles. The Morgan fingerprint density at radius 2 is 1.70 bits per heavy atom. The molecule has 2 N–H and O–H groups in total. The molecule has 0 amide bonds. The minimum Gasteiger partial charge on any atom is -0.381 e. The van der Waals surface area contributed by atoms with Crippen molar-refractivity contribution in [3.63, 3.8) is 0 Å². The van der Waals surface area contributed by atoms with Gasteiger partial charge in [-0.3, -0.25) is 0 Å². The maximum Gasteiger partial charge on any atom is 0.284 e. The molecule has 2 heterocycles. The normalized spacial score (nSPS) is 16.0. The molecule has 2 aromatic carbocycles. The van der Waals surface area contributed by atoms with Gasteiger partial charge in [-0.05, 0) is 42.9 Å². The predicted octanol–water partition coefficient (Wildman–Crippen LogP) is 3.09. The highest BCUT2D eigenvalue weighted by molar-refractivity contribution is 7.90. The quantitative estimate of drug-likeness (QED) is 0.466. The molecule has 9 heteroatoms. The van der Waals surface area contributed by atoms with Gasteiger partial charge in [-0.1, -0.05) is 53.0 Å². The number of piperidine rings is 1. The third-order valence-electron chi connectivity index (χ3n) is 5.24. The van der Waals surface area contributed by atoms with E-state index in [2.05, 4.69) is 43.2 Å². The maximum absolute atomic E-state index is 12.5. The molecule has 0 aliphatic carbocycles. The largest absolute Gasteiger partial charge is 0.381 e. The summed E-state index contributed by atoms with van der Waals surface area (Å²) in [5.41, 5.74) is 7.74. The predicted molar refractivity (Wildman–Crippen MR) is 119 cm³/mol. The van der Waals surface area contributed by atoms with Crippen LogP contribution in [0.15, 0.2) is 70.0 Å². The zero-order valence-corrected chi connectivity index (χ0v) is 18.0. The summed E-state index contributed by atoms with van der Waals surface area (Å²) in [6, 6.07) is 18.5. The van der Waals surface area contributed by atoms with Crippen LogP contribution in [0.1, 0.15) is 24.1 Å². The van der Waals surface area contributed by atoms with Crippen molar-refractivity contribution in [2.24, 2.45) is 16.0 Å². The van der Waals surface area contributed by atoms with E-state index in [0.717, 1.165) is 37.4 Å². The smallest absolute Gasteiger partial charge is 0.284 e. The Bertz CT molecular complexity index is 1110. The fourth-order valence-corrected chi connectivity index (χ4v) is 5.34. The van der Waals surface area contributed by atoms with Crippen molar-refractivity contribution in [1.29, 1.82) is 0 Å². The molecule has 1 fully saturated rings. The number of rotatable bonds is 6. The third-order valence-corrected chi connectivity index (χ3v) is 7.33. The molecule has 0 saturated carbocycles. The van der Waals surface area contributed by atoms with Gasteiger partial charge in [0.1, 0.15) is 5.00 Å². The van der Waals surface area contributed by atoms with Gasteiger partial charge in [0.2, 0.25) is 0 Å². The van der Waals surface area contributed by atoms with Crippen LogP contribution in [0.5, 0.6) is 0 Å². The third kappa shape index (κ3) is 4.68. The Hall–Kier alpha value is -2.78. The number of hydrogen-bond donors (Lipinski definition) is 1. The van der Waals surface area contributed by atoms with Crippen LogP contribution in [-0.4, -0.2) is 36.9 Å². The molecular formula is C21H23N5O2S2. The van der Waals surface area contributed by atoms with Gasteiger partial charge in [0, 0.05) is 24.6 Å². The zero-order valence-electron chi connectivity index (χ0n) is 16.4. The van der Waals surface area contributed by atoms with Crippen molar-refractivity contribution in [2.45, 2.75) is 24.2 Å². The SMILES string of the molecule is N/C(=N/S(=O)(=O)c1ccccc1)c1nnsc1N1CCC(Cc2ccccc2)CC1. The summed E-state index contributed by atoms with van der Waals surface area (Å²) >= 11 is 1.22. The van der Waals surface area contributed by atoms with Crippen LogP contribution in [0.4, 0.5) is 5.00 Å². The summed E-state index contributed by atoms with van der Waals surface area (Å²) in [6.07, 6.45) is 3.17. The second kappa shape index (κ2) is 8.93. The van der Waals surface area contributed by atoms with E-state index >= 15 is 0 Å². The summed E-state index contributed by atoms with van der Waals surface area (Å²) in [6.45, 7) is 1.71.